The average molecular weight is 274 g/mol. The second-order valence-corrected chi connectivity index (χ2v) is 4.01. The number of ketones is 1. The van der Waals surface area contributed by atoms with Crippen LogP contribution in [0.4, 0.5) is 23.7 Å². The number of Topliss-reactive ketones (excluding diaryl/α,β-unsaturated/α-hetero) is 1. The molecule has 2 N–H and O–H groups in total. The van der Waals surface area contributed by atoms with Gasteiger partial charge in [0.2, 0.25) is 0 Å². The number of amides is 2. The molecule has 1 aromatic carbocycles. The van der Waals surface area contributed by atoms with E-state index in [4.69, 9.17) is 0 Å². The molecule has 7 heteroatoms. The average Bonchev–Trinajstić information content (AvgIpc) is 2.27. The van der Waals surface area contributed by atoms with E-state index in [-0.39, 0.29) is 11.5 Å². The Morgan fingerprint density at radius 1 is 1.26 bits per heavy atom. The number of anilines is 1. The molecule has 1 rings (SSSR count). The highest BCUT2D eigenvalue weighted by atomic mass is 19.4. The molecule has 0 spiro atoms. The number of rotatable bonds is 3. The third-order valence-electron chi connectivity index (χ3n) is 2.41. The van der Waals surface area contributed by atoms with Gasteiger partial charge < -0.3 is 10.6 Å². The Morgan fingerprint density at radius 2 is 1.89 bits per heavy atom. The molecule has 0 aromatic heterocycles. The summed E-state index contributed by atoms with van der Waals surface area (Å²) in [6, 6.07) is 2.80. The Kier molecular flexibility index (Phi) is 4.52. The number of carbonyl (C=O) groups is 2. The topological polar surface area (TPSA) is 58.2 Å². The summed E-state index contributed by atoms with van der Waals surface area (Å²) in [5, 5.41) is 4.54. The van der Waals surface area contributed by atoms with Crippen LogP contribution in [0.25, 0.3) is 0 Å². The highest BCUT2D eigenvalue weighted by Crippen LogP contribution is 2.30. The zero-order valence-electron chi connectivity index (χ0n) is 10.3. The standard InChI is InChI=1S/C12H13F3N2O2/c1-7(8(2)18)16-11(19)17-10-5-3-4-9(6-10)12(13,14)15/h3-7H,1-2H3,(H2,16,17,19). The highest BCUT2D eigenvalue weighted by Gasteiger charge is 2.30. The minimum absolute atomic E-state index is 0.00285. The Balaban J connectivity index is 2.73. The van der Waals surface area contributed by atoms with E-state index in [0.717, 1.165) is 12.1 Å². The molecule has 19 heavy (non-hydrogen) atoms. The number of alkyl halides is 3. The first kappa shape index (κ1) is 15.0. The summed E-state index contributed by atoms with van der Waals surface area (Å²) in [5.74, 6) is -0.251. The zero-order valence-corrected chi connectivity index (χ0v) is 10.3. The van der Waals surface area contributed by atoms with E-state index in [1.165, 1.54) is 26.0 Å². The molecule has 0 saturated heterocycles. The lowest BCUT2D eigenvalue weighted by Gasteiger charge is -2.13. The quantitative estimate of drug-likeness (QED) is 0.890. The largest absolute Gasteiger partial charge is 0.416 e. The minimum Gasteiger partial charge on any atom is -0.328 e. The van der Waals surface area contributed by atoms with Gasteiger partial charge in [-0.25, -0.2) is 4.79 Å². The molecule has 0 radical (unpaired) electrons. The molecule has 0 heterocycles. The van der Waals surface area contributed by atoms with Crippen LogP contribution in [0.15, 0.2) is 24.3 Å². The maximum absolute atomic E-state index is 12.4. The van der Waals surface area contributed by atoms with E-state index in [0.29, 0.717) is 0 Å². The maximum atomic E-state index is 12.4. The molecule has 0 fully saturated rings. The van der Waals surface area contributed by atoms with Crippen molar-refractivity contribution in [2.75, 3.05) is 5.32 Å². The van der Waals surface area contributed by atoms with Gasteiger partial charge >= 0.3 is 12.2 Å². The fourth-order valence-electron chi connectivity index (χ4n) is 1.24. The molecular weight excluding hydrogens is 261 g/mol. The van der Waals surface area contributed by atoms with Gasteiger partial charge in [-0.05, 0) is 32.0 Å². The SMILES string of the molecule is CC(=O)C(C)NC(=O)Nc1cccc(C(F)(F)F)c1. The lowest BCUT2D eigenvalue weighted by Crippen LogP contribution is -2.40. The van der Waals surface area contributed by atoms with Gasteiger partial charge in [0, 0.05) is 5.69 Å². The van der Waals surface area contributed by atoms with Crippen LogP contribution in [-0.4, -0.2) is 17.9 Å². The fraction of sp³-hybridized carbons (Fsp3) is 0.333. The first-order valence-electron chi connectivity index (χ1n) is 5.45. The van der Waals surface area contributed by atoms with Crippen LogP contribution < -0.4 is 10.6 Å². The van der Waals surface area contributed by atoms with Gasteiger partial charge in [-0.2, -0.15) is 13.2 Å². The van der Waals surface area contributed by atoms with Crippen molar-refractivity contribution in [3.63, 3.8) is 0 Å². The Bertz CT molecular complexity index is 486. The van der Waals surface area contributed by atoms with Crippen molar-refractivity contribution >= 4 is 17.5 Å². The van der Waals surface area contributed by atoms with Crippen molar-refractivity contribution in [3.8, 4) is 0 Å². The lowest BCUT2D eigenvalue weighted by molar-refractivity contribution is -0.137. The predicted molar refractivity (Wildman–Crippen MR) is 63.7 cm³/mol. The molecule has 0 aliphatic carbocycles. The van der Waals surface area contributed by atoms with E-state index < -0.39 is 23.8 Å². The molecule has 0 aliphatic heterocycles. The number of hydrogen-bond acceptors (Lipinski definition) is 2. The van der Waals surface area contributed by atoms with Crippen LogP contribution in [-0.2, 0) is 11.0 Å². The molecule has 4 nitrogen and oxygen atoms in total. The van der Waals surface area contributed by atoms with E-state index in [1.807, 2.05) is 0 Å². The number of hydrogen-bond donors (Lipinski definition) is 2. The third-order valence-corrected chi connectivity index (χ3v) is 2.41. The van der Waals surface area contributed by atoms with Crippen LogP contribution in [0.3, 0.4) is 0 Å². The normalized spacial score (nSPS) is 12.7. The summed E-state index contributed by atoms with van der Waals surface area (Å²) >= 11 is 0. The summed E-state index contributed by atoms with van der Waals surface area (Å²) in [5.41, 5.74) is -0.854. The monoisotopic (exact) mass is 274 g/mol. The number of carbonyl (C=O) groups excluding carboxylic acids is 2. The predicted octanol–water partition coefficient (Wildman–Crippen LogP) is 2.80. The second kappa shape index (κ2) is 5.73. The Morgan fingerprint density at radius 3 is 2.42 bits per heavy atom. The van der Waals surface area contributed by atoms with Crippen LogP contribution in [0.2, 0.25) is 0 Å². The van der Waals surface area contributed by atoms with Crippen molar-refractivity contribution in [1.29, 1.82) is 0 Å². The smallest absolute Gasteiger partial charge is 0.328 e. The zero-order chi connectivity index (χ0) is 14.6. The van der Waals surface area contributed by atoms with E-state index in [9.17, 15) is 22.8 Å². The van der Waals surface area contributed by atoms with E-state index in [2.05, 4.69) is 10.6 Å². The van der Waals surface area contributed by atoms with Crippen LogP contribution in [0, 0.1) is 0 Å². The van der Waals surface area contributed by atoms with Crippen LogP contribution in [0.5, 0.6) is 0 Å². The molecule has 1 aromatic rings. The number of benzene rings is 1. The van der Waals surface area contributed by atoms with Gasteiger partial charge in [0.1, 0.15) is 0 Å². The highest BCUT2D eigenvalue weighted by molar-refractivity contribution is 5.93. The molecule has 0 aliphatic rings. The molecular formula is C12H13F3N2O2. The summed E-state index contributed by atoms with van der Waals surface area (Å²) < 4.78 is 37.3. The van der Waals surface area contributed by atoms with Crippen molar-refractivity contribution in [1.82, 2.24) is 5.32 Å². The summed E-state index contributed by atoms with van der Waals surface area (Å²) in [6.45, 7) is 2.78. The first-order valence-corrected chi connectivity index (χ1v) is 5.45. The molecule has 1 atom stereocenters. The fourth-order valence-corrected chi connectivity index (χ4v) is 1.24. The van der Waals surface area contributed by atoms with Crippen LogP contribution >= 0.6 is 0 Å². The number of halogens is 3. The second-order valence-electron chi connectivity index (χ2n) is 4.01. The van der Waals surface area contributed by atoms with Crippen molar-refractivity contribution in [2.24, 2.45) is 0 Å². The summed E-state index contributed by atoms with van der Waals surface area (Å²) in [4.78, 5) is 22.4. The van der Waals surface area contributed by atoms with Gasteiger partial charge in [-0.1, -0.05) is 6.07 Å². The van der Waals surface area contributed by atoms with Gasteiger partial charge in [0.25, 0.3) is 0 Å². The Labute approximate surface area is 108 Å². The van der Waals surface area contributed by atoms with Crippen LogP contribution in [0.1, 0.15) is 19.4 Å². The molecule has 1 unspecified atom stereocenters. The maximum Gasteiger partial charge on any atom is 0.416 e. The molecule has 2 amide bonds. The summed E-state index contributed by atoms with van der Waals surface area (Å²) in [7, 11) is 0. The van der Waals surface area contributed by atoms with Gasteiger partial charge in [0.15, 0.2) is 5.78 Å². The molecule has 0 bridgehead atoms. The van der Waals surface area contributed by atoms with Crippen molar-refractivity contribution in [3.05, 3.63) is 29.8 Å². The van der Waals surface area contributed by atoms with Gasteiger partial charge in [0.05, 0.1) is 11.6 Å². The lowest BCUT2D eigenvalue weighted by atomic mass is 10.2. The van der Waals surface area contributed by atoms with E-state index >= 15 is 0 Å². The number of nitrogens with one attached hydrogen (secondary N) is 2. The Hall–Kier alpha value is -2.05. The van der Waals surface area contributed by atoms with E-state index in [1.54, 1.807) is 0 Å². The van der Waals surface area contributed by atoms with Crippen molar-refractivity contribution < 1.29 is 22.8 Å². The molecule has 0 saturated carbocycles. The first-order chi connectivity index (χ1) is 8.70. The minimum atomic E-state index is -4.47. The summed E-state index contributed by atoms with van der Waals surface area (Å²) in [6.07, 6.45) is -4.47. The van der Waals surface area contributed by atoms with Crippen molar-refractivity contribution in [2.45, 2.75) is 26.1 Å². The van der Waals surface area contributed by atoms with Gasteiger partial charge in [-0.3, -0.25) is 4.79 Å². The number of urea groups is 1. The van der Waals surface area contributed by atoms with Gasteiger partial charge in [-0.15, -0.1) is 0 Å². The molecule has 104 valence electrons. The third kappa shape index (κ3) is 4.61.